The minimum Gasteiger partial charge on any atom is -0.482 e. The highest BCUT2D eigenvalue weighted by atomic mass is 32.2. The van der Waals surface area contributed by atoms with Crippen molar-refractivity contribution in [3.8, 4) is 5.75 Å². The van der Waals surface area contributed by atoms with Gasteiger partial charge in [0.05, 0.1) is 17.9 Å². The van der Waals surface area contributed by atoms with Gasteiger partial charge < -0.3 is 14.8 Å². The molecule has 0 radical (unpaired) electrons. The van der Waals surface area contributed by atoms with Crippen LogP contribution in [-0.4, -0.2) is 39.0 Å². The molecule has 9 heteroatoms. The lowest BCUT2D eigenvalue weighted by Gasteiger charge is -2.17. The number of thioether (sulfide) groups is 1. The fraction of sp³-hybridized carbons (Fsp3) is 0.308. The molecule has 1 unspecified atom stereocenters. The maximum absolute atomic E-state index is 12.5. The van der Waals surface area contributed by atoms with Gasteiger partial charge in [-0.25, -0.2) is 4.79 Å². The fourth-order valence-electron chi connectivity index (χ4n) is 3.41. The normalized spacial score (nSPS) is 11.5. The van der Waals surface area contributed by atoms with Gasteiger partial charge in [0.2, 0.25) is 5.91 Å². The van der Waals surface area contributed by atoms with E-state index in [2.05, 4.69) is 28.2 Å². The van der Waals surface area contributed by atoms with Crippen molar-refractivity contribution >= 4 is 29.3 Å². The Labute approximate surface area is 209 Å². The lowest BCUT2D eigenvalue weighted by Crippen LogP contribution is -2.16. The van der Waals surface area contributed by atoms with Crippen molar-refractivity contribution in [3.05, 3.63) is 77.6 Å². The van der Waals surface area contributed by atoms with Gasteiger partial charge in [-0.15, -0.1) is 16.8 Å². The average molecular weight is 495 g/mol. The Morgan fingerprint density at radius 3 is 2.57 bits per heavy atom. The number of ether oxygens (including phenoxy) is 2. The molecule has 0 aliphatic heterocycles. The smallest absolute Gasteiger partial charge is 0.338 e. The lowest BCUT2D eigenvalue weighted by atomic mass is 10.1. The van der Waals surface area contributed by atoms with Crippen molar-refractivity contribution in [1.29, 1.82) is 0 Å². The van der Waals surface area contributed by atoms with Crippen LogP contribution in [0.4, 0.5) is 5.69 Å². The van der Waals surface area contributed by atoms with Gasteiger partial charge in [0.15, 0.2) is 17.1 Å². The van der Waals surface area contributed by atoms with Gasteiger partial charge in [-0.05, 0) is 63.6 Å². The van der Waals surface area contributed by atoms with E-state index in [-0.39, 0.29) is 17.8 Å². The molecule has 0 spiro atoms. The summed E-state index contributed by atoms with van der Waals surface area (Å²) in [4.78, 5) is 24.3. The summed E-state index contributed by atoms with van der Waals surface area (Å²) in [5.74, 6) is 0.990. The molecule has 8 nitrogen and oxygen atoms in total. The Hall–Kier alpha value is -3.59. The van der Waals surface area contributed by atoms with Crippen LogP contribution in [0.2, 0.25) is 0 Å². The second-order valence-corrected chi connectivity index (χ2v) is 8.85. The van der Waals surface area contributed by atoms with E-state index in [0.29, 0.717) is 35.4 Å². The van der Waals surface area contributed by atoms with Crippen LogP contribution >= 0.6 is 11.8 Å². The third-order valence-corrected chi connectivity index (χ3v) is 6.03. The number of benzene rings is 2. The van der Waals surface area contributed by atoms with Crippen molar-refractivity contribution in [2.75, 3.05) is 17.7 Å². The number of nitrogens with one attached hydrogen (secondary N) is 1. The van der Waals surface area contributed by atoms with E-state index in [0.717, 1.165) is 11.3 Å². The summed E-state index contributed by atoms with van der Waals surface area (Å²) >= 11 is 1.28. The second-order valence-electron chi connectivity index (χ2n) is 7.90. The second kappa shape index (κ2) is 12.2. The van der Waals surface area contributed by atoms with Gasteiger partial charge in [-0.3, -0.25) is 9.36 Å². The molecule has 0 aliphatic rings. The molecule has 3 rings (SSSR count). The minimum atomic E-state index is -0.394. The lowest BCUT2D eigenvalue weighted by molar-refractivity contribution is -0.113. The molecule has 0 fully saturated rings. The molecule has 1 atom stereocenters. The number of allylic oxidation sites excluding steroid dienone is 1. The first-order chi connectivity index (χ1) is 16.8. The molecule has 1 amide bonds. The number of hydrogen-bond donors (Lipinski definition) is 1. The van der Waals surface area contributed by atoms with E-state index in [1.807, 2.05) is 37.5 Å². The molecule has 35 heavy (non-hydrogen) atoms. The zero-order chi connectivity index (χ0) is 25.4. The van der Waals surface area contributed by atoms with Crippen LogP contribution in [0.1, 0.15) is 47.3 Å². The number of anilines is 1. The highest BCUT2D eigenvalue weighted by Crippen LogP contribution is 2.27. The quantitative estimate of drug-likeness (QED) is 0.224. The van der Waals surface area contributed by atoms with E-state index in [1.165, 1.54) is 17.3 Å². The summed E-state index contributed by atoms with van der Waals surface area (Å²) in [6.07, 6.45) is 1.41. The maximum Gasteiger partial charge on any atom is 0.338 e. The number of aryl methyl sites for hydroxylation is 2. The number of nitrogens with zero attached hydrogens (tertiary/aromatic N) is 3. The zero-order valence-corrected chi connectivity index (χ0v) is 21.2. The van der Waals surface area contributed by atoms with Crippen LogP contribution in [0.3, 0.4) is 0 Å². The van der Waals surface area contributed by atoms with E-state index in [4.69, 9.17) is 9.47 Å². The van der Waals surface area contributed by atoms with Gasteiger partial charge in [0.25, 0.3) is 0 Å². The number of rotatable bonds is 11. The topological polar surface area (TPSA) is 95.3 Å². The Balaban J connectivity index is 1.63. The molecule has 0 aliphatic carbocycles. The van der Waals surface area contributed by atoms with Crippen LogP contribution in [0.25, 0.3) is 0 Å². The van der Waals surface area contributed by atoms with Crippen molar-refractivity contribution in [2.24, 2.45) is 0 Å². The molecular weight excluding hydrogens is 464 g/mol. The maximum atomic E-state index is 12.5. The van der Waals surface area contributed by atoms with Gasteiger partial charge in [0, 0.05) is 12.2 Å². The van der Waals surface area contributed by atoms with Crippen molar-refractivity contribution in [3.63, 3.8) is 0 Å². The van der Waals surface area contributed by atoms with Crippen molar-refractivity contribution < 1.29 is 19.1 Å². The highest BCUT2D eigenvalue weighted by molar-refractivity contribution is 7.99. The van der Waals surface area contributed by atoms with Crippen LogP contribution in [0.5, 0.6) is 5.75 Å². The first kappa shape index (κ1) is 26.0. The molecule has 3 aromatic rings. The molecule has 1 aromatic heterocycles. The third-order valence-electron chi connectivity index (χ3n) is 5.07. The summed E-state index contributed by atoms with van der Waals surface area (Å²) < 4.78 is 13.0. The van der Waals surface area contributed by atoms with E-state index in [9.17, 15) is 9.59 Å². The van der Waals surface area contributed by atoms with Gasteiger partial charge >= 0.3 is 5.97 Å². The first-order valence-corrected chi connectivity index (χ1v) is 12.3. The van der Waals surface area contributed by atoms with E-state index < -0.39 is 5.97 Å². The molecule has 0 bridgehead atoms. The minimum absolute atomic E-state index is 0.140. The Morgan fingerprint density at radius 2 is 1.91 bits per heavy atom. The van der Waals surface area contributed by atoms with Crippen LogP contribution < -0.4 is 10.1 Å². The largest absolute Gasteiger partial charge is 0.482 e. The van der Waals surface area contributed by atoms with Gasteiger partial charge in [-0.2, -0.15) is 0 Å². The summed E-state index contributed by atoms with van der Waals surface area (Å²) in [6.45, 7) is 12.3. The molecule has 1 N–H and O–H groups in total. The SMILES string of the molecule is C=CCn1c(SCC(=O)Nc2ccc(C(=O)OCC)cc2)nnc1C(C)Oc1ccc(C)cc1C. The van der Waals surface area contributed by atoms with E-state index >= 15 is 0 Å². The number of carbonyl (C=O) groups excluding carboxylic acids is 2. The number of carbonyl (C=O) groups is 2. The average Bonchev–Trinajstić information content (AvgIpc) is 3.23. The van der Waals surface area contributed by atoms with E-state index in [1.54, 1.807) is 37.3 Å². The van der Waals surface area contributed by atoms with Crippen LogP contribution in [0.15, 0.2) is 60.3 Å². The molecular formula is C26H30N4O4S. The van der Waals surface area contributed by atoms with Crippen molar-refractivity contribution in [2.45, 2.75) is 45.5 Å². The van der Waals surface area contributed by atoms with Crippen LogP contribution in [-0.2, 0) is 16.1 Å². The predicted molar refractivity (Wildman–Crippen MR) is 137 cm³/mol. The molecule has 1 heterocycles. The van der Waals surface area contributed by atoms with Gasteiger partial charge in [0.1, 0.15) is 5.75 Å². The molecule has 0 saturated heterocycles. The highest BCUT2D eigenvalue weighted by Gasteiger charge is 2.20. The Morgan fingerprint density at radius 1 is 1.17 bits per heavy atom. The number of hydrogen-bond acceptors (Lipinski definition) is 7. The summed E-state index contributed by atoms with van der Waals surface area (Å²) in [6, 6.07) is 12.6. The Kier molecular flexibility index (Phi) is 9.08. The van der Waals surface area contributed by atoms with Gasteiger partial charge in [-0.1, -0.05) is 35.5 Å². The molecule has 2 aromatic carbocycles. The first-order valence-electron chi connectivity index (χ1n) is 11.3. The fourth-order valence-corrected chi connectivity index (χ4v) is 4.17. The number of aromatic nitrogens is 3. The van der Waals surface area contributed by atoms with Crippen molar-refractivity contribution in [1.82, 2.24) is 14.8 Å². The molecule has 0 saturated carbocycles. The monoisotopic (exact) mass is 494 g/mol. The molecule has 184 valence electrons. The zero-order valence-electron chi connectivity index (χ0n) is 20.4. The Bertz CT molecular complexity index is 1190. The number of esters is 1. The van der Waals surface area contributed by atoms with Crippen LogP contribution in [0, 0.1) is 13.8 Å². The number of amides is 1. The summed E-state index contributed by atoms with van der Waals surface area (Å²) in [5, 5.41) is 12.0. The summed E-state index contributed by atoms with van der Waals surface area (Å²) in [7, 11) is 0. The third kappa shape index (κ3) is 6.95. The standard InChI is InChI=1S/C26H30N4O4S/c1-6-14-30-24(19(5)34-22-13-8-17(3)15-18(22)4)28-29-26(30)35-16-23(31)27-21-11-9-20(10-12-21)25(32)33-7-2/h6,8-13,15,19H,1,7,14,16H2,2-5H3,(H,27,31). The summed E-state index contributed by atoms with van der Waals surface area (Å²) in [5.41, 5.74) is 3.24. The predicted octanol–water partition coefficient (Wildman–Crippen LogP) is 5.13.